The number of hydrogen-bond acceptors (Lipinski definition) is 3. The van der Waals surface area contributed by atoms with Crippen molar-refractivity contribution in [2.45, 2.75) is 19.9 Å². The molecule has 2 heterocycles. The third-order valence-corrected chi connectivity index (χ3v) is 3.27. The number of para-hydroxylation sites is 1. The second-order valence-corrected chi connectivity index (χ2v) is 4.79. The summed E-state index contributed by atoms with van der Waals surface area (Å²) < 4.78 is 3.52. The molecule has 3 rings (SSSR count). The first kappa shape index (κ1) is 13.3. The van der Waals surface area contributed by atoms with E-state index in [0.29, 0.717) is 12.1 Å². The molecule has 0 fully saturated rings. The maximum absolute atomic E-state index is 12.2. The number of nitrogens with zero attached hydrogens (tertiary/aromatic N) is 4. The smallest absolute Gasteiger partial charge is 0.187 e. The van der Waals surface area contributed by atoms with Gasteiger partial charge in [0.15, 0.2) is 5.78 Å². The van der Waals surface area contributed by atoms with Crippen molar-refractivity contribution in [3.8, 4) is 5.69 Å². The Bertz CT molecular complexity index is 742. The number of carbonyl (C=O) groups is 1. The van der Waals surface area contributed by atoms with Gasteiger partial charge in [-0.1, -0.05) is 18.2 Å². The van der Waals surface area contributed by atoms with Crippen molar-refractivity contribution in [3.63, 3.8) is 0 Å². The van der Waals surface area contributed by atoms with Crippen LogP contribution >= 0.6 is 0 Å². The fourth-order valence-corrected chi connectivity index (χ4v) is 2.14. The molecule has 0 bridgehead atoms. The summed E-state index contributed by atoms with van der Waals surface area (Å²) in [5.41, 5.74) is 2.33. The van der Waals surface area contributed by atoms with Crippen molar-refractivity contribution in [2.75, 3.05) is 0 Å². The molecule has 5 heteroatoms. The van der Waals surface area contributed by atoms with Gasteiger partial charge in [-0.05, 0) is 30.7 Å². The Hall–Kier alpha value is -2.69. The zero-order valence-corrected chi connectivity index (χ0v) is 11.8. The van der Waals surface area contributed by atoms with Crippen LogP contribution in [0.25, 0.3) is 5.69 Å². The van der Waals surface area contributed by atoms with E-state index in [4.69, 9.17) is 0 Å². The summed E-state index contributed by atoms with van der Waals surface area (Å²) in [5.74, 6) is 0.000309. The highest BCUT2D eigenvalue weighted by atomic mass is 16.1. The van der Waals surface area contributed by atoms with Crippen LogP contribution in [0.1, 0.15) is 23.0 Å². The number of aromatic nitrogens is 4. The molecule has 0 spiro atoms. The molecule has 1 aromatic carbocycles. The lowest BCUT2D eigenvalue weighted by Crippen LogP contribution is -2.05. The van der Waals surface area contributed by atoms with Crippen molar-refractivity contribution >= 4 is 5.78 Å². The number of carbonyl (C=O) groups excluding carboxylic acids is 1. The van der Waals surface area contributed by atoms with Crippen LogP contribution in [0, 0.1) is 0 Å². The molecule has 0 unspecified atom stereocenters. The zero-order valence-electron chi connectivity index (χ0n) is 11.8. The SMILES string of the molecule is CCn1cc(CC(=O)c2ccn(-c3ccccc3)n2)cn1. The van der Waals surface area contributed by atoms with Gasteiger partial charge in [0.05, 0.1) is 11.9 Å². The standard InChI is InChI=1S/C16H16N4O/c1-2-19-12-13(11-17-19)10-16(21)15-8-9-20(18-15)14-6-4-3-5-7-14/h3-9,11-12H,2,10H2,1H3. The fraction of sp³-hybridized carbons (Fsp3) is 0.188. The molecule has 0 amide bonds. The summed E-state index contributed by atoms with van der Waals surface area (Å²) in [7, 11) is 0. The topological polar surface area (TPSA) is 52.7 Å². The highest BCUT2D eigenvalue weighted by molar-refractivity contribution is 5.95. The lowest BCUT2D eigenvalue weighted by atomic mass is 10.1. The second-order valence-electron chi connectivity index (χ2n) is 4.79. The number of benzene rings is 1. The van der Waals surface area contributed by atoms with Crippen molar-refractivity contribution < 1.29 is 4.79 Å². The number of aryl methyl sites for hydroxylation is 1. The van der Waals surface area contributed by atoms with E-state index < -0.39 is 0 Å². The van der Waals surface area contributed by atoms with Crippen LogP contribution in [-0.4, -0.2) is 25.3 Å². The number of hydrogen-bond donors (Lipinski definition) is 0. The first-order valence-electron chi connectivity index (χ1n) is 6.92. The van der Waals surface area contributed by atoms with E-state index >= 15 is 0 Å². The third-order valence-electron chi connectivity index (χ3n) is 3.27. The lowest BCUT2D eigenvalue weighted by molar-refractivity contribution is 0.0988. The molecule has 3 aromatic rings. The lowest BCUT2D eigenvalue weighted by Gasteiger charge is -1.99. The molecular weight excluding hydrogens is 264 g/mol. The van der Waals surface area contributed by atoms with Gasteiger partial charge in [0.25, 0.3) is 0 Å². The van der Waals surface area contributed by atoms with Crippen molar-refractivity contribution in [2.24, 2.45) is 0 Å². The predicted octanol–water partition coefficient (Wildman–Crippen LogP) is 2.51. The summed E-state index contributed by atoms with van der Waals surface area (Å²) >= 11 is 0. The largest absolute Gasteiger partial charge is 0.292 e. The van der Waals surface area contributed by atoms with Gasteiger partial charge in [0, 0.05) is 25.4 Å². The molecule has 0 N–H and O–H groups in total. The third kappa shape index (κ3) is 2.91. The van der Waals surface area contributed by atoms with Gasteiger partial charge in [0.1, 0.15) is 5.69 Å². The van der Waals surface area contributed by atoms with E-state index in [0.717, 1.165) is 17.8 Å². The minimum Gasteiger partial charge on any atom is -0.292 e. The average Bonchev–Trinajstić information content (AvgIpc) is 3.17. The van der Waals surface area contributed by atoms with Gasteiger partial charge >= 0.3 is 0 Å². The van der Waals surface area contributed by atoms with Crippen LogP contribution in [0.4, 0.5) is 0 Å². The van der Waals surface area contributed by atoms with Crippen LogP contribution in [0.2, 0.25) is 0 Å². The van der Waals surface area contributed by atoms with E-state index in [1.54, 1.807) is 23.1 Å². The number of ketones is 1. The highest BCUT2D eigenvalue weighted by Gasteiger charge is 2.12. The normalized spacial score (nSPS) is 10.7. The second kappa shape index (κ2) is 5.75. The first-order chi connectivity index (χ1) is 10.3. The predicted molar refractivity (Wildman–Crippen MR) is 79.5 cm³/mol. The molecule has 2 aromatic heterocycles. The van der Waals surface area contributed by atoms with Gasteiger partial charge in [-0.15, -0.1) is 0 Å². The molecule has 0 saturated carbocycles. The van der Waals surface area contributed by atoms with E-state index in [1.807, 2.05) is 48.1 Å². The monoisotopic (exact) mass is 280 g/mol. The van der Waals surface area contributed by atoms with Gasteiger partial charge in [0.2, 0.25) is 0 Å². The van der Waals surface area contributed by atoms with Crippen LogP contribution in [-0.2, 0) is 13.0 Å². The summed E-state index contributed by atoms with van der Waals surface area (Å²) in [6, 6.07) is 11.5. The van der Waals surface area contributed by atoms with Gasteiger partial charge < -0.3 is 0 Å². The molecule has 0 radical (unpaired) electrons. The Morgan fingerprint density at radius 2 is 2.00 bits per heavy atom. The molecule has 21 heavy (non-hydrogen) atoms. The maximum atomic E-state index is 12.2. The average molecular weight is 280 g/mol. The van der Waals surface area contributed by atoms with Crippen LogP contribution in [0.3, 0.4) is 0 Å². The minimum absolute atomic E-state index is 0.000309. The summed E-state index contributed by atoms with van der Waals surface area (Å²) in [4.78, 5) is 12.2. The fourth-order valence-electron chi connectivity index (χ4n) is 2.14. The highest BCUT2D eigenvalue weighted by Crippen LogP contribution is 2.09. The van der Waals surface area contributed by atoms with Crippen LogP contribution < -0.4 is 0 Å². The molecule has 5 nitrogen and oxygen atoms in total. The number of Topliss-reactive ketones (excluding diaryl/α,β-unsaturated/α-hetero) is 1. The van der Waals surface area contributed by atoms with E-state index in [-0.39, 0.29) is 5.78 Å². The molecule has 0 saturated heterocycles. The molecule has 0 aliphatic heterocycles. The van der Waals surface area contributed by atoms with Crippen molar-refractivity contribution in [1.29, 1.82) is 0 Å². The summed E-state index contributed by atoms with van der Waals surface area (Å²) in [5, 5.41) is 8.52. The Labute approximate surface area is 122 Å². The van der Waals surface area contributed by atoms with Gasteiger partial charge in [-0.2, -0.15) is 10.2 Å². The molecule has 0 aliphatic rings. The first-order valence-corrected chi connectivity index (χ1v) is 6.92. The van der Waals surface area contributed by atoms with Crippen molar-refractivity contribution in [3.05, 3.63) is 66.2 Å². The Kier molecular flexibility index (Phi) is 3.64. The molecule has 106 valence electrons. The van der Waals surface area contributed by atoms with Gasteiger partial charge in [-0.25, -0.2) is 4.68 Å². The minimum atomic E-state index is 0.000309. The molecule has 0 atom stereocenters. The Balaban J connectivity index is 1.75. The zero-order chi connectivity index (χ0) is 14.7. The summed E-state index contributed by atoms with van der Waals surface area (Å²) in [6.45, 7) is 2.82. The van der Waals surface area contributed by atoms with Gasteiger partial charge in [-0.3, -0.25) is 9.48 Å². The maximum Gasteiger partial charge on any atom is 0.187 e. The van der Waals surface area contributed by atoms with E-state index in [9.17, 15) is 4.79 Å². The Morgan fingerprint density at radius 1 is 1.19 bits per heavy atom. The summed E-state index contributed by atoms with van der Waals surface area (Å²) in [6.07, 6.45) is 5.76. The quantitative estimate of drug-likeness (QED) is 0.675. The van der Waals surface area contributed by atoms with Crippen molar-refractivity contribution in [1.82, 2.24) is 19.6 Å². The van der Waals surface area contributed by atoms with E-state index in [2.05, 4.69) is 10.2 Å². The molecular formula is C16H16N4O. The van der Waals surface area contributed by atoms with Crippen LogP contribution in [0.5, 0.6) is 0 Å². The van der Waals surface area contributed by atoms with Crippen LogP contribution in [0.15, 0.2) is 55.0 Å². The van der Waals surface area contributed by atoms with E-state index in [1.165, 1.54) is 0 Å². The number of rotatable bonds is 5. The Morgan fingerprint density at radius 3 is 2.71 bits per heavy atom. The molecule has 0 aliphatic carbocycles.